The summed E-state index contributed by atoms with van der Waals surface area (Å²) in [7, 11) is 1.67. The molecule has 2 heterocycles. The van der Waals surface area contributed by atoms with Crippen LogP contribution in [0.3, 0.4) is 0 Å². The Bertz CT molecular complexity index is 306. The number of hydrogen-bond acceptors (Lipinski definition) is 3. The summed E-state index contributed by atoms with van der Waals surface area (Å²) in [5.74, 6) is 0.248. The first-order valence-corrected chi connectivity index (χ1v) is 6.31. The lowest BCUT2D eigenvalue weighted by Crippen LogP contribution is -2.57. The van der Waals surface area contributed by atoms with Gasteiger partial charge in [-0.2, -0.15) is 0 Å². The van der Waals surface area contributed by atoms with Crippen molar-refractivity contribution in [3.63, 3.8) is 0 Å². The van der Waals surface area contributed by atoms with Crippen molar-refractivity contribution >= 4 is 11.8 Å². The van der Waals surface area contributed by atoms with E-state index in [1.807, 2.05) is 0 Å². The average molecular weight is 240 g/mol. The second kappa shape index (κ2) is 5.49. The minimum atomic E-state index is -0.168. The highest BCUT2D eigenvalue weighted by Gasteiger charge is 2.41. The van der Waals surface area contributed by atoms with E-state index in [0.717, 1.165) is 32.2 Å². The van der Waals surface area contributed by atoms with E-state index in [0.29, 0.717) is 13.2 Å². The molecular formula is C12H20N2O3. The largest absolute Gasteiger partial charge is 0.385 e. The number of fused-ring (bicyclic) bond motifs is 1. The molecule has 0 saturated carbocycles. The van der Waals surface area contributed by atoms with Crippen LogP contribution in [0.5, 0.6) is 0 Å². The molecule has 0 aromatic rings. The molecule has 1 atom stereocenters. The maximum absolute atomic E-state index is 12.1. The molecule has 17 heavy (non-hydrogen) atoms. The third-order valence-electron chi connectivity index (χ3n) is 3.52. The van der Waals surface area contributed by atoms with Gasteiger partial charge in [0.25, 0.3) is 0 Å². The van der Waals surface area contributed by atoms with Gasteiger partial charge in [0.1, 0.15) is 6.04 Å². The van der Waals surface area contributed by atoms with Crippen LogP contribution in [0.4, 0.5) is 0 Å². The van der Waals surface area contributed by atoms with E-state index in [1.165, 1.54) is 0 Å². The highest BCUT2D eigenvalue weighted by atomic mass is 16.5. The predicted octanol–water partition coefficient (Wildman–Crippen LogP) is 0.246. The number of piperazine rings is 1. The average Bonchev–Trinajstić information content (AvgIpc) is 2.80. The molecule has 1 unspecified atom stereocenters. The molecule has 0 bridgehead atoms. The maximum atomic E-state index is 12.1. The summed E-state index contributed by atoms with van der Waals surface area (Å²) in [6.45, 7) is 2.42. The van der Waals surface area contributed by atoms with Crippen LogP contribution >= 0.6 is 0 Å². The first-order chi connectivity index (χ1) is 8.24. The molecule has 0 aliphatic carbocycles. The van der Waals surface area contributed by atoms with E-state index < -0.39 is 0 Å². The monoisotopic (exact) mass is 240 g/mol. The molecule has 0 aromatic carbocycles. The molecule has 0 N–H and O–H groups in total. The van der Waals surface area contributed by atoms with E-state index in [9.17, 15) is 9.59 Å². The molecule has 2 rings (SSSR count). The van der Waals surface area contributed by atoms with Crippen LogP contribution in [-0.2, 0) is 14.3 Å². The maximum Gasteiger partial charge on any atom is 0.245 e. The summed E-state index contributed by atoms with van der Waals surface area (Å²) in [5, 5.41) is 0. The SMILES string of the molecule is COCCCCN1CC(=O)N2CCCC2C1=O. The lowest BCUT2D eigenvalue weighted by Gasteiger charge is -2.36. The third-order valence-corrected chi connectivity index (χ3v) is 3.52. The van der Waals surface area contributed by atoms with Crippen molar-refractivity contribution in [2.75, 3.05) is 33.4 Å². The number of carbonyl (C=O) groups is 2. The van der Waals surface area contributed by atoms with Crippen LogP contribution in [0.15, 0.2) is 0 Å². The van der Waals surface area contributed by atoms with Gasteiger partial charge in [-0.15, -0.1) is 0 Å². The fourth-order valence-corrected chi connectivity index (χ4v) is 2.60. The van der Waals surface area contributed by atoms with Crippen LogP contribution in [0.25, 0.3) is 0 Å². The minimum Gasteiger partial charge on any atom is -0.385 e. The lowest BCUT2D eigenvalue weighted by atomic mass is 10.1. The van der Waals surface area contributed by atoms with Crippen molar-refractivity contribution in [1.82, 2.24) is 9.80 Å². The van der Waals surface area contributed by atoms with Crippen LogP contribution in [0.1, 0.15) is 25.7 Å². The zero-order valence-electron chi connectivity index (χ0n) is 10.4. The summed E-state index contributed by atoms with van der Waals surface area (Å²) < 4.78 is 4.97. The highest BCUT2D eigenvalue weighted by Crippen LogP contribution is 2.23. The number of amides is 2. The Kier molecular flexibility index (Phi) is 3.99. The van der Waals surface area contributed by atoms with Crippen molar-refractivity contribution in [2.45, 2.75) is 31.7 Å². The molecule has 2 aliphatic rings. The Morgan fingerprint density at radius 3 is 2.94 bits per heavy atom. The van der Waals surface area contributed by atoms with E-state index >= 15 is 0 Å². The Balaban J connectivity index is 1.86. The molecule has 2 amide bonds. The van der Waals surface area contributed by atoms with Crippen molar-refractivity contribution in [3.05, 3.63) is 0 Å². The predicted molar refractivity (Wildman–Crippen MR) is 62.4 cm³/mol. The lowest BCUT2D eigenvalue weighted by molar-refractivity contribution is -0.153. The number of hydrogen-bond donors (Lipinski definition) is 0. The zero-order valence-corrected chi connectivity index (χ0v) is 10.4. The topological polar surface area (TPSA) is 49.9 Å². The van der Waals surface area contributed by atoms with Crippen molar-refractivity contribution in [3.8, 4) is 0 Å². The molecular weight excluding hydrogens is 220 g/mol. The van der Waals surface area contributed by atoms with Gasteiger partial charge in [0, 0.05) is 26.8 Å². The third kappa shape index (κ3) is 2.60. The summed E-state index contributed by atoms with van der Waals surface area (Å²) in [6, 6.07) is -0.168. The zero-order chi connectivity index (χ0) is 12.3. The second-order valence-corrected chi connectivity index (χ2v) is 4.70. The van der Waals surface area contributed by atoms with Crippen LogP contribution < -0.4 is 0 Å². The van der Waals surface area contributed by atoms with Gasteiger partial charge in [0.15, 0.2) is 0 Å². The molecule has 0 aromatic heterocycles. The first kappa shape index (κ1) is 12.4. The van der Waals surface area contributed by atoms with Crippen LogP contribution in [-0.4, -0.2) is 61.0 Å². The molecule has 5 heteroatoms. The van der Waals surface area contributed by atoms with Gasteiger partial charge < -0.3 is 14.5 Å². The quantitative estimate of drug-likeness (QED) is 0.647. The smallest absolute Gasteiger partial charge is 0.245 e. The highest BCUT2D eigenvalue weighted by molar-refractivity contribution is 5.95. The number of carbonyl (C=O) groups excluding carboxylic acids is 2. The molecule has 0 radical (unpaired) electrons. The van der Waals surface area contributed by atoms with E-state index in [4.69, 9.17) is 4.74 Å². The summed E-state index contributed by atoms with van der Waals surface area (Å²) in [4.78, 5) is 27.4. The van der Waals surface area contributed by atoms with Crippen LogP contribution in [0, 0.1) is 0 Å². The number of unbranched alkanes of at least 4 members (excludes halogenated alkanes) is 1. The molecule has 2 saturated heterocycles. The van der Waals surface area contributed by atoms with E-state index in [1.54, 1.807) is 16.9 Å². The summed E-state index contributed by atoms with van der Waals surface area (Å²) in [6.07, 6.45) is 3.63. The van der Waals surface area contributed by atoms with Gasteiger partial charge in [-0.1, -0.05) is 0 Å². The molecule has 2 aliphatic heterocycles. The van der Waals surface area contributed by atoms with Crippen LogP contribution in [0.2, 0.25) is 0 Å². The van der Waals surface area contributed by atoms with Gasteiger partial charge in [0.2, 0.25) is 11.8 Å². The molecule has 96 valence electrons. The molecule has 5 nitrogen and oxygen atoms in total. The summed E-state index contributed by atoms with van der Waals surface area (Å²) in [5.41, 5.74) is 0. The second-order valence-electron chi connectivity index (χ2n) is 4.70. The van der Waals surface area contributed by atoms with Gasteiger partial charge in [0.05, 0.1) is 6.54 Å². The van der Waals surface area contributed by atoms with Crippen molar-refractivity contribution in [2.24, 2.45) is 0 Å². The van der Waals surface area contributed by atoms with Gasteiger partial charge >= 0.3 is 0 Å². The van der Waals surface area contributed by atoms with Gasteiger partial charge in [-0.25, -0.2) is 0 Å². The van der Waals surface area contributed by atoms with E-state index in [2.05, 4.69) is 0 Å². The first-order valence-electron chi connectivity index (χ1n) is 6.31. The molecule has 0 spiro atoms. The number of ether oxygens (including phenoxy) is 1. The van der Waals surface area contributed by atoms with Gasteiger partial charge in [-0.3, -0.25) is 9.59 Å². The Labute approximate surface area is 102 Å². The van der Waals surface area contributed by atoms with Crippen molar-refractivity contribution in [1.29, 1.82) is 0 Å². The van der Waals surface area contributed by atoms with Gasteiger partial charge in [-0.05, 0) is 25.7 Å². The Hall–Kier alpha value is -1.10. The minimum absolute atomic E-state index is 0.110. The number of nitrogens with zero attached hydrogens (tertiary/aromatic N) is 2. The molecule has 2 fully saturated rings. The summed E-state index contributed by atoms with van der Waals surface area (Å²) >= 11 is 0. The number of methoxy groups -OCH3 is 1. The van der Waals surface area contributed by atoms with Crippen molar-refractivity contribution < 1.29 is 14.3 Å². The standard InChI is InChI=1S/C12H20N2O3/c1-17-8-3-2-6-13-9-11(15)14-7-4-5-10(14)12(13)16/h10H,2-9H2,1H3. The normalized spacial score (nSPS) is 24.4. The number of rotatable bonds is 5. The van der Waals surface area contributed by atoms with E-state index in [-0.39, 0.29) is 24.4 Å². The fourth-order valence-electron chi connectivity index (χ4n) is 2.60. The Morgan fingerprint density at radius 1 is 1.35 bits per heavy atom. The Morgan fingerprint density at radius 2 is 2.18 bits per heavy atom. The fraction of sp³-hybridized carbons (Fsp3) is 0.833.